The fraction of sp³-hybridized carbons (Fsp3) is 0.793. The third-order valence-electron chi connectivity index (χ3n) is 7.62. The Morgan fingerprint density at radius 3 is 2.30 bits per heavy atom. The Balaban J connectivity index is 2.34. The first-order valence-electron chi connectivity index (χ1n) is 12.7. The van der Waals surface area contributed by atoms with E-state index in [1.165, 1.54) is 49.7 Å². The molecule has 174 valence electrons. The molecule has 0 aromatic rings. The van der Waals surface area contributed by atoms with Gasteiger partial charge in [0, 0.05) is 0 Å². The lowest BCUT2D eigenvalue weighted by atomic mass is 9.75. The predicted octanol–water partition coefficient (Wildman–Crippen LogP) is 9.18. The zero-order valence-electron chi connectivity index (χ0n) is 21.6. The zero-order valence-corrected chi connectivity index (χ0v) is 21.6. The second-order valence-electron chi connectivity index (χ2n) is 11.3. The molecule has 0 aliphatic heterocycles. The molecule has 1 nitrogen and oxygen atoms in total. The zero-order chi connectivity index (χ0) is 22.8. The van der Waals surface area contributed by atoms with Gasteiger partial charge >= 0.3 is 0 Å². The minimum Gasteiger partial charge on any atom is -0.390 e. The van der Waals surface area contributed by atoms with Crippen LogP contribution in [0, 0.1) is 17.3 Å². The number of aliphatic hydroxyl groups is 1. The van der Waals surface area contributed by atoms with Crippen LogP contribution in [0.15, 0.2) is 34.9 Å². The van der Waals surface area contributed by atoms with E-state index < -0.39 is 5.60 Å². The summed E-state index contributed by atoms with van der Waals surface area (Å²) < 4.78 is 0. The maximum atomic E-state index is 10.5. The van der Waals surface area contributed by atoms with Crippen LogP contribution in [0.25, 0.3) is 0 Å². The largest absolute Gasteiger partial charge is 0.390 e. The summed E-state index contributed by atoms with van der Waals surface area (Å²) in [7, 11) is 0. The summed E-state index contributed by atoms with van der Waals surface area (Å²) in [4.78, 5) is 0. The normalized spacial score (nSPS) is 22.5. The predicted molar refractivity (Wildman–Crippen MR) is 135 cm³/mol. The van der Waals surface area contributed by atoms with Crippen molar-refractivity contribution in [2.45, 2.75) is 132 Å². The van der Waals surface area contributed by atoms with Crippen molar-refractivity contribution in [3.05, 3.63) is 34.9 Å². The fourth-order valence-electron chi connectivity index (χ4n) is 4.62. The molecule has 0 heterocycles. The van der Waals surface area contributed by atoms with Crippen molar-refractivity contribution in [1.29, 1.82) is 0 Å². The van der Waals surface area contributed by atoms with Gasteiger partial charge in [-0.25, -0.2) is 0 Å². The quantitative estimate of drug-likeness (QED) is 0.221. The van der Waals surface area contributed by atoms with Gasteiger partial charge in [-0.05, 0) is 89.4 Å². The monoisotopic (exact) mass is 416 g/mol. The lowest BCUT2D eigenvalue weighted by Crippen LogP contribution is -2.23. The second-order valence-corrected chi connectivity index (χ2v) is 11.3. The highest BCUT2D eigenvalue weighted by molar-refractivity contribution is 5.27. The van der Waals surface area contributed by atoms with Crippen molar-refractivity contribution in [3.8, 4) is 0 Å². The SMILES string of the molecule is CCCCCC(C)(O)CCC/C(C)=C/CCC(C)(C)CCC1=CC=C(C)C(C)C1C. The van der Waals surface area contributed by atoms with Crippen molar-refractivity contribution < 1.29 is 5.11 Å². The topological polar surface area (TPSA) is 20.2 Å². The summed E-state index contributed by atoms with van der Waals surface area (Å²) >= 11 is 0. The molecule has 1 N–H and O–H groups in total. The molecule has 1 rings (SSSR count). The van der Waals surface area contributed by atoms with E-state index in [1.807, 2.05) is 6.92 Å². The summed E-state index contributed by atoms with van der Waals surface area (Å²) in [5.41, 5.74) is 4.56. The number of allylic oxidation sites excluding steroid dienone is 6. The third-order valence-corrected chi connectivity index (χ3v) is 7.62. The number of rotatable bonds is 14. The lowest BCUT2D eigenvalue weighted by Gasteiger charge is -2.30. The van der Waals surface area contributed by atoms with Gasteiger partial charge < -0.3 is 5.11 Å². The average molecular weight is 417 g/mol. The first-order valence-corrected chi connectivity index (χ1v) is 12.7. The number of hydrogen-bond acceptors (Lipinski definition) is 1. The highest BCUT2D eigenvalue weighted by Gasteiger charge is 2.24. The lowest BCUT2D eigenvalue weighted by molar-refractivity contribution is 0.0375. The molecule has 0 radical (unpaired) electrons. The van der Waals surface area contributed by atoms with E-state index in [4.69, 9.17) is 0 Å². The molecule has 0 fully saturated rings. The molecule has 1 aliphatic carbocycles. The maximum absolute atomic E-state index is 10.5. The van der Waals surface area contributed by atoms with E-state index in [9.17, 15) is 5.11 Å². The van der Waals surface area contributed by atoms with Gasteiger partial charge in [-0.1, -0.05) is 88.8 Å². The molecule has 3 atom stereocenters. The Hall–Kier alpha value is -0.820. The second kappa shape index (κ2) is 12.9. The minimum absolute atomic E-state index is 0.389. The van der Waals surface area contributed by atoms with Crippen molar-refractivity contribution in [2.75, 3.05) is 0 Å². The van der Waals surface area contributed by atoms with Crippen LogP contribution in [0.2, 0.25) is 0 Å². The number of hydrogen-bond donors (Lipinski definition) is 1. The van der Waals surface area contributed by atoms with E-state index in [0.717, 1.165) is 32.1 Å². The van der Waals surface area contributed by atoms with Crippen molar-refractivity contribution in [3.63, 3.8) is 0 Å². The standard InChI is InChI=1S/C29H52O/c1-9-10-11-20-29(8,30)21-13-15-23(2)14-12-19-28(6,7)22-18-27-17-16-24(3)25(4)26(27)5/h14,16-17,25-26,30H,9-13,15,18-22H2,1-8H3/b23-14+. The Bertz CT molecular complexity index is 587. The molecular weight excluding hydrogens is 364 g/mol. The maximum Gasteiger partial charge on any atom is 0.0619 e. The minimum atomic E-state index is -0.479. The summed E-state index contributed by atoms with van der Waals surface area (Å²) in [6, 6.07) is 0. The summed E-state index contributed by atoms with van der Waals surface area (Å²) in [6.45, 7) is 18.4. The molecule has 1 heteroatoms. The van der Waals surface area contributed by atoms with E-state index in [0.29, 0.717) is 17.3 Å². The van der Waals surface area contributed by atoms with Crippen LogP contribution >= 0.6 is 0 Å². The summed E-state index contributed by atoms with van der Waals surface area (Å²) in [6.07, 6.45) is 19.8. The molecule has 1 aliphatic rings. The van der Waals surface area contributed by atoms with Crippen molar-refractivity contribution in [2.24, 2.45) is 17.3 Å². The Morgan fingerprint density at radius 2 is 1.63 bits per heavy atom. The van der Waals surface area contributed by atoms with Gasteiger partial charge in [0.05, 0.1) is 5.60 Å². The van der Waals surface area contributed by atoms with Gasteiger partial charge in [0.25, 0.3) is 0 Å². The molecule has 0 aromatic heterocycles. The molecule has 0 saturated heterocycles. The molecule has 3 unspecified atom stereocenters. The summed E-state index contributed by atoms with van der Waals surface area (Å²) in [5.74, 6) is 1.37. The van der Waals surface area contributed by atoms with Crippen LogP contribution in [0.5, 0.6) is 0 Å². The van der Waals surface area contributed by atoms with Crippen LogP contribution in [0.3, 0.4) is 0 Å². The van der Waals surface area contributed by atoms with E-state index in [1.54, 1.807) is 5.57 Å². The molecule has 0 bridgehead atoms. The molecule has 30 heavy (non-hydrogen) atoms. The van der Waals surface area contributed by atoms with Gasteiger partial charge in [0.1, 0.15) is 0 Å². The van der Waals surface area contributed by atoms with E-state index in [-0.39, 0.29) is 0 Å². The molecule has 0 aromatic carbocycles. The van der Waals surface area contributed by atoms with Gasteiger partial charge in [-0.3, -0.25) is 0 Å². The third kappa shape index (κ3) is 10.5. The van der Waals surface area contributed by atoms with Crippen molar-refractivity contribution >= 4 is 0 Å². The molecule has 0 spiro atoms. The van der Waals surface area contributed by atoms with Crippen LogP contribution < -0.4 is 0 Å². The van der Waals surface area contributed by atoms with Gasteiger partial charge in [-0.15, -0.1) is 0 Å². The van der Waals surface area contributed by atoms with Gasteiger partial charge in [-0.2, -0.15) is 0 Å². The Morgan fingerprint density at radius 1 is 0.967 bits per heavy atom. The van der Waals surface area contributed by atoms with Gasteiger partial charge in [0.15, 0.2) is 0 Å². The van der Waals surface area contributed by atoms with E-state index in [2.05, 4.69) is 66.7 Å². The highest BCUT2D eigenvalue weighted by Crippen LogP contribution is 2.37. The molecule has 0 saturated carbocycles. The molecule has 0 amide bonds. The van der Waals surface area contributed by atoms with Crippen LogP contribution in [0.4, 0.5) is 0 Å². The smallest absolute Gasteiger partial charge is 0.0619 e. The first-order chi connectivity index (χ1) is 14.0. The average Bonchev–Trinajstić information content (AvgIpc) is 2.65. The summed E-state index contributed by atoms with van der Waals surface area (Å²) in [5, 5.41) is 10.5. The Labute approximate surface area is 189 Å². The number of unbranched alkanes of at least 4 members (excludes halogenated alkanes) is 2. The van der Waals surface area contributed by atoms with Crippen LogP contribution in [-0.4, -0.2) is 10.7 Å². The Kier molecular flexibility index (Phi) is 11.7. The van der Waals surface area contributed by atoms with E-state index >= 15 is 0 Å². The van der Waals surface area contributed by atoms with Crippen LogP contribution in [0.1, 0.15) is 126 Å². The van der Waals surface area contributed by atoms with Crippen molar-refractivity contribution in [1.82, 2.24) is 0 Å². The van der Waals surface area contributed by atoms with Crippen LogP contribution in [-0.2, 0) is 0 Å². The first kappa shape index (κ1) is 27.2. The molecular formula is C29H52O. The van der Waals surface area contributed by atoms with Gasteiger partial charge in [0.2, 0.25) is 0 Å². The highest BCUT2D eigenvalue weighted by atomic mass is 16.3. The fourth-order valence-corrected chi connectivity index (χ4v) is 4.62.